The zero-order chi connectivity index (χ0) is 12.6. The molecule has 96 valence electrons. The summed E-state index contributed by atoms with van der Waals surface area (Å²) in [7, 11) is -1.42. The first-order valence-corrected chi connectivity index (χ1v) is 7.13. The van der Waals surface area contributed by atoms with Crippen molar-refractivity contribution >= 4 is 15.9 Å². The van der Waals surface area contributed by atoms with Crippen LogP contribution in [0.5, 0.6) is 0 Å². The molecule has 2 N–H and O–H groups in total. The Balaban J connectivity index is 3.77. The Hall–Kier alpha value is -0.660. The summed E-state index contributed by atoms with van der Waals surface area (Å²) in [6, 6.07) is 0. The van der Waals surface area contributed by atoms with E-state index in [4.69, 9.17) is 0 Å². The Labute approximate surface area is 97.4 Å². The molecule has 0 atom stereocenters. The van der Waals surface area contributed by atoms with Gasteiger partial charge in [0.25, 0.3) is 0 Å². The topological polar surface area (TPSA) is 78.5 Å². The third-order valence-electron chi connectivity index (χ3n) is 2.07. The highest BCUT2D eigenvalue weighted by atomic mass is 32.2. The van der Waals surface area contributed by atoms with E-state index in [2.05, 4.69) is 10.6 Å². The standard InChI is InChI=1S/C9H21N3O3S/c1-4-12(16(3,14)15)7-5-6-11-9(13)8-10-2/h10H,4-8H2,1-3H3,(H,11,13). The lowest BCUT2D eigenvalue weighted by Gasteiger charge is -2.17. The van der Waals surface area contributed by atoms with Gasteiger partial charge in [0.05, 0.1) is 12.8 Å². The molecular weight excluding hydrogens is 230 g/mol. The van der Waals surface area contributed by atoms with Crippen molar-refractivity contribution in [2.24, 2.45) is 0 Å². The van der Waals surface area contributed by atoms with Crippen LogP contribution in [0.3, 0.4) is 0 Å². The molecule has 0 unspecified atom stereocenters. The molecule has 6 nitrogen and oxygen atoms in total. The van der Waals surface area contributed by atoms with Gasteiger partial charge in [-0.15, -0.1) is 0 Å². The first kappa shape index (κ1) is 15.3. The minimum absolute atomic E-state index is 0.0788. The first-order valence-electron chi connectivity index (χ1n) is 5.28. The number of nitrogens with one attached hydrogen (secondary N) is 2. The quantitative estimate of drug-likeness (QED) is 0.542. The van der Waals surface area contributed by atoms with Crippen LogP contribution in [-0.4, -0.2) is 58.1 Å². The number of rotatable bonds is 8. The Morgan fingerprint density at radius 3 is 2.44 bits per heavy atom. The second-order valence-corrected chi connectivity index (χ2v) is 5.47. The van der Waals surface area contributed by atoms with Gasteiger partial charge in [0, 0.05) is 19.6 Å². The maximum Gasteiger partial charge on any atom is 0.233 e. The van der Waals surface area contributed by atoms with Gasteiger partial charge in [0.2, 0.25) is 15.9 Å². The van der Waals surface area contributed by atoms with Gasteiger partial charge >= 0.3 is 0 Å². The van der Waals surface area contributed by atoms with E-state index in [1.54, 1.807) is 14.0 Å². The number of hydrogen-bond donors (Lipinski definition) is 2. The highest BCUT2D eigenvalue weighted by Crippen LogP contribution is 1.97. The number of nitrogens with zero attached hydrogens (tertiary/aromatic N) is 1. The van der Waals surface area contributed by atoms with Gasteiger partial charge in [-0.2, -0.15) is 0 Å². The van der Waals surface area contributed by atoms with Crippen molar-refractivity contribution in [1.82, 2.24) is 14.9 Å². The molecule has 0 saturated carbocycles. The number of amides is 1. The Morgan fingerprint density at radius 2 is 2.00 bits per heavy atom. The van der Waals surface area contributed by atoms with Gasteiger partial charge in [-0.1, -0.05) is 6.92 Å². The van der Waals surface area contributed by atoms with Crippen LogP contribution >= 0.6 is 0 Å². The lowest BCUT2D eigenvalue weighted by Crippen LogP contribution is -2.36. The molecule has 0 fully saturated rings. The third kappa shape index (κ3) is 6.76. The van der Waals surface area contributed by atoms with Gasteiger partial charge in [0.1, 0.15) is 0 Å². The van der Waals surface area contributed by atoms with Crippen molar-refractivity contribution in [3.8, 4) is 0 Å². The average Bonchev–Trinajstić information content (AvgIpc) is 2.16. The Kier molecular flexibility index (Phi) is 7.27. The second-order valence-electron chi connectivity index (χ2n) is 3.49. The molecule has 0 radical (unpaired) electrons. The highest BCUT2D eigenvalue weighted by molar-refractivity contribution is 7.88. The molecule has 0 heterocycles. The molecule has 0 saturated heterocycles. The lowest BCUT2D eigenvalue weighted by molar-refractivity contribution is -0.120. The smallest absolute Gasteiger partial charge is 0.233 e. The predicted octanol–water partition coefficient (Wildman–Crippen LogP) is -1.01. The fraction of sp³-hybridized carbons (Fsp3) is 0.889. The predicted molar refractivity (Wildman–Crippen MR) is 63.6 cm³/mol. The fourth-order valence-corrected chi connectivity index (χ4v) is 2.19. The van der Waals surface area contributed by atoms with Crippen molar-refractivity contribution in [1.29, 1.82) is 0 Å². The van der Waals surface area contributed by atoms with E-state index in [9.17, 15) is 13.2 Å². The van der Waals surface area contributed by atoms with E-state index in [-0.39, 0.29) is 12.5 Å². The summed E-state index contributed by atoms with van der Waals surface area (Å²) in [4.78, 5) is 11.0. The summed E-state index contributed by atoms with van der Waals surface area (Å²) >= 11 is 0. The van der Waals surface area contributed by atoms with Gasteiger partial charge in [-0.05, 0) is 13.5 Å². The van der Waals surface area contributed by atoms with E-state index < -0.39 is 10.0 Å². The van der Waals surface area contributed by atoms with E-state index in [0.29, 0.717) is 26.1 Å². The van der Waals surface area contributed by atoms with Gasteiger partial charge < -0.3 is 10.6 Å². The van der Waals surface area contributed by atoms with Crippen LogP contribution in [-0.2, 0) is 14.8 Å². The van der Waals surface area contributed by atoms with Gasteiger partial charge in [0.15, 0.2) is 0 Å². The third-order valence-corrected chi connectivity index (χ3v) is 3.44. The molecule has 0 aliphatic carbocycles. The second kappa shape index (κ2) is 7.59. The summed E-state index contributed by atoms with van der Waals surface area (Å²) in [5.41, 5.74) is 0. The van der Waals surface area contributed by atoms with Crippen LogP contribution < -0.4 is 10.6 Å². The van der Waals surface area contributed by atoms with Crippen molar-refractivity contribution in [2.45, 2.75) is 13.3 Å². The number of carbonyl (C=O) groups excluding carboxylic acids is 1. The number of likely N-dealkylation sites (N-methyl/N-ethyl adjacent to an activating group) is 1. The Morgan fingerprint density at radius 1 is 1.38 bits per heavy atom. The number of hydrogen-bond acceptors (Lipinski definition) is 4. The first-order chi connectivity index (χ1) is 7.41. The SMILES string of the molecule is CCN(CCCNC(=O)CNC)S(C)(=O)=O. The average molecular weight is 251 g/mol. The van der Waals surface area contributed by atoms with E-state index >= 15 is 0 Å². The molecule has 0 bridgehead atoms. The molecule has 1 amide bonds. The molecule has 16 heavy (non-hydrogen) atoms. The molecule has 0 aromatic rings. The zero-order valence-electron chi connectivity index (χ0n) is 10.1. The maximum absolute atomic E-state index is 11.2. The molecule has 7 heteroatoms. The minimum atomic E-state index is -3.12. The van der Waals surface area contributed by atoms with Crippen LogP contribution in [0.4, 0.5) is 0 Å². The van der Waals surface area contributed by atoms with Crippen LogP contribution in [0.25, 0.3) is 0 Å². The molecule has 0 rings (SSSR count). The fourth-order valence-electron chi connectivity index (χ4n) is 1.26. The van der Waals surface area contributed by atoms with Gasteiger partial charge in [-0.3, -0.25) is 4.79 Å². The number of sulfonamides is 1. The van der Waals surface area contributed by atoms with E-state index in [0.717, 1.165) is 0 Å². The normalized spacial score (nSPS) is 11.8. The van der Waals surface area contributed by atoms with Crippen molar-refractivity contribution in [3.63, 3.8) is 0 Å². The molecular formula is C9H21N3O3S. The number of carbonyl (C=O) groups is 1. The molecule has 0 aliphatic heterocycles. The van der Waals surface area contributed by atoms with Crippen LogP contribution in [0.2, 0.25) is 0 Å². The van der Waals surface area contributed by atoms with Crippen molar-refractivity contribution < 1.29 is 13.2 Å². The monoisotopic (exact) mass is 251 g/mol. The van der Waals surface area contributed by atoms with Crippen molar-refractivity contribution in [3.05, 3.63) is 0 Å². The highest BCUT2D eigenvalue weighted by Gasteiger charge is 2.13. The molecule has 0 aromatic carbocycles. The van der Waals surface area contributed by atoms with Crippen LogP contribution in [0, 0.1) is 0 Å². The summed E-state index contributed by atoms with van der Waals surface area (Å²) in [5.74, 6) is -0.0788. The van der Waals surface area contributed by atoms with Gasteiger partial charge in [-0.25, -0.2) is 12.7 Å². The summed E-state index contributed by atoms with van der Waals surface area (Å²) in [6.07, 6.45) is 1.81. The minimum Gasteiger partial charge on any atom is -0.355 e. The molecule has 0 spiro atoms. The largest absolute Gasteiger partial charge is 0.355 e. The lowest BCUT2D eigenvalue weighted by atomic mass is 10.4. The van der Waals surface area contributed by atoms with E-state index in [1.807, 2.05) is 0 Å². The summed E-state index contributed by atoms with van der Waals surface area (Å²) in [6.45, 7) is 3.47. The van der Waals surface area contributed by atoms with E-state index in [1.165, 1.54) is 10.6 Å². The zero-order valence-corrected chi connectivity index (χ0v) is 10.9. The van der Waals surface area contributed by atoms with Crippen molar-refractivity contribution in [2.75, 3.05) is 39.5 Å². The maximum atomic E-state index is 11.2. The summed E-state index contributed by atoms with van der Waals surface area (Å²) in [5, 5.41) is 5.43. The van der Waals surface area contributed by atoms with Crippen LogP contribution in [0.15, 0.2) is 0 Å². The summed E-state index contributed by atoms with van der Waals surface area (Å²) < 4.78 is 23.8. The molecule has 0 aliphatic rings. The molecule has 0 aromatic heterocycles. The van der Waals surface area contributed by atoms with Crippen LogP contribution in [0.1, 0.15) is 13.3 Å². The Bertz CT molecular complexity index is 303.